The van der Waals surface area contributed by atoms with Gasteiger partial charge in [0.2, 0.25) is 5.91 Å². The van der Waals surface area contributed by atoms with Gasteiger partial charge in [0.1, 0.15) is 5.03 Å². The number of hydrogen-bond acceptors (Lipinski definition) is 6. The molecule has 0 atom stereocenters. The fraction of sp³-hybridized carbons (Fsp3) is 0.125. The van der Waals surface area contributed by atoms with Crippen molar-refractivity contribution in [3.63, 3.8) is 0 Å². The van der Waals surface area contributed by atoms with E-state index >= 15 is 0 Å². The minimum Gasteiger partial charge on any atom is -0.351 e. The average molecular weight is 445 g/mol. The summed E-state index contributed by atoms with van der Waals surface area (Å²) in [6.07, 6.45) is 0.382. The molecule has 0 spiro atoms. The first-order valence-electron chi connectivity index (χ1n) is 10.0. The van der Waals surface area contributed by atoms with Crippen molar-refractivity contribution in [1.29, 1.82) is 0 Å². The van der Waals surface area contributed by atoms with Gasteiger partial charge in [0.05, 0.1) is 27.4 Å². The van der Waals surface area contributed by atoms with Crippen molar-refractivity contribution in [2.45, 2.75) is 18.0 Å². The number of nitrogens with one attached hydrogen (secondary N) is 1. The number of amides is 1. The summed E-state index contributed by atoms with van der Waals surface area (Å²) in [7, 11) is 0. The molecular formula is C24H20N4O3S. The molecule has 8 heteroatoms. The minimum atomic E-state index is -0.414. The van der Waals surface area contributed by atoms with Crippen molar-refractivity contribution in [3.05, 3.63) is 106 Å². The molecule has 0 radical (unpaired) electrons. The van der Waals surface area contributed by atoms with Crippen LogP contribution in [0.1, 0.15) is 16.8 Å². The highest BCUT2D eigenvalue weighted by Crippen LogP contribution is 2.25. The number of benzene rings is 3. The van der Waals surface area contributed by atoms with E-state index < -0.39 is 4.92 Å². The highest BCUT2D eigenvalue weighted by Gasteiger charge is 2.14. The summed E-state index contributed by atoms with van der Waals surface area (Å²) in [5.74, 6) is 0.0945. The average Bonchev–Trinajstić information content (AvgIpc) is 2.82. The van der Waals surface area contributed by atoms with E-state index in [2.05, 4.69) is 5.32 Å². The van der Waals surface area contributed by atoms with E-state index in [0.29, 0.717) is 23.7 Å². The SMILES string of the molecule is O=C(CSc1nc2ccccc2nc1Cc1cccc([N+](=O)[O-])c1)NCc1ccccc1. The molecule has 1 amide bonds. The molecule has 4 rings (SSSR count). The van der Waals surface area contributed by atoms with E-state index in [1.54, 1.807) is 6.07 Å². The van der Waals surface area contributed by atoms with E-state index in [0.717, 1.165) is 22.2 Å². The Bertz CT molecular complexity index is 1260. The molecule has 7 nitrogen and oxygen atoms in total. The summed E-state index contributed by atoms with van der Waals surface area (Å²) in [5, 5.41) is 14.7. The summed E-state index contributed by atoms with van der Waals surface area (Å²) in [6, 6.07) is 23.7. The lowest BCUT2D eigenvalue weighted by molar-refractivity contribution is -0.384. The standard InChI is InChI=1S/C24H20N4O3S/c29-23(25-15-17-7-2-1-3-8-17)16-32-24-22(26-20-11-4-5-12-21(20)27-24)14-18-9-6-10-19(13-18)28(30)31/h1-13H,14-16H2,(H,25,29). The number of hydrogen-bond donors (Lipinski definition) is 1. The fourth-order valence-corrected chi connectivity index (χ4v) is 4.02. The lowest BCUT2D eigenvalue weighted by Gasteiger charge is -2.10. The molecule has 0 aliphatic heterocycles. The van der Waals surface area contributed by atoms with Crippen molar-refractivity contribution in [2.75, 3.05) is 5.75 Å². The molecule has 32 heavy (non-hydrogen) atoms. The second kappa shape index (κ2) is 10.0. The highest BCUT2D eigenvalue weighted by molar-refractivity contribution is 7.99. The summed E-state index contributed by atoms with van der Waals surface area (Å²) < 4.78 is 0. The van der Waals surface area contributed by atoms with Crippen molar-refractivity contribution in [1.82, 2.24) is 15.3 Å². The van der Waals surface area contributed by atoms with Crippen LogP contribution in [0.15, 0.2) is 83.9 Å². The van der Waals surface area contributed by atoms with Crippen LogP contribution in [0.5, 0.6) is 0 Å². The quantitative estimate of drug-likeness (QED) is 0.243. The first kappa shape index (κ1) is 21.5. The van der Waals surface area contributed by atoms with Crippen molar-refractivity contribution in [3.8, 4) is 0 Å². The van der Waals surface area contributed by atoms with Gasteiger partial charge in [0.15, 0.2) is 0 Å². The van der Waals surface area contributed by atoms with Crippen molar-refractivity contribution in [2.24, 2.45) is 0 Å². The third kappa shape index (κ3) is 5.47. The van der Waals surface area contributed by atoms with Gasteiger partial charge in [-0.1, -0.05) is 66.4 Å². The Labute approximate surface area is 189 Å². The first-order valence-corrected chi connectivity index (χ1v) is 11.0. The minimum absolute atomic E-state index is 0.0331. The molecule has 0 bridgehead atoms. The molecule has 4 aromatic rings. The monoisotopic (exact) mass is 444 g/mol. The molecule has 1 N–H and O–H groups in total. The van der Waals surface area contributed by atoms with Gasteiger partial charge in [0, 0.05) is 25.1 Å². The van der Waals surface area contributed by atoms with E-state index in [-0.39, 0.29) is 17.3 Å². The molecule has 0 saturated carbocycles. The maximum Gasteiger partial charge on any atom is 0.269 e. The molecule has 1 aromatic heterocycles. The molecule has 0 saturated heterocycles. The number of non-ortho nitro benzene ring substituents is 1. The number of nitrogens with zero attached hydrogens (tertiary/aromatic N) is 3. The van der Waals surface area contributed by atoms with Crippen LogP contribution in [0, 0.1) is 10.1 Å². The summed E-state index contributed by atoms with van der Waals surface area (Å²) in [5.41, 5.74) is 3.99. The predicted octanol–water partition coefficient (Wildman–Crippen LogP) is 4.54. The van der Waals surface area contributed by atoms with Crippen molar-refractivity contribution >= 4 is 34.4 Å². The van der Waals surface area contributed by atoms with Gasteiger partial charge in [-0.2, -0.15) is 0 Å². The second-order valence-corrected chi connectivity index (χ2v) is 8.08. The van der Waals surface area contributed by atoms with Crippen LogP contribution in [0.25, 0.3) is 11.0 Å². The number of rotatable bonds is 8. The maximum absolute atomic E-state index is 12.4. The van der Waals surface area contributed by atoms with Gasteiger partial charge >= 0.3 is 0 Å². The molecule has 0 unspecified atom stereocenters. The molecular weight excluding hydrogens is 424 g/mol. The molecule has 1 heterocycles. The lowest BCUT2D eigenvalue weighted by Crippen LogP contribution is -2.24. The van der Waals surface area contributed by atoms with Gasteiger partial charge in [-0.25, -0.2) is 9.97 Å². The molecule has 160 valence electrons. The number of nitro benzene ring substituents is 1. The Morgan fingerprint density at radius 1 is 0.906 bits per heavy atom. The number of carbonyl (C=O) groups is 1. The Balaban J connectivity index is 1.52. The van der Waals surface area contributed by atoms with Crippen LogP contribution in [0.2, 0.25) is 0 Å². The van der Waals surface area contributed by atoms with Crippen LogP contribution < -0.4 is 5.32 Å². The van der Waals surface area contributed by atoms with Gasteiger partial charge in [-0.05, 0) is 23.3 Å². The Kier molecular flexibility index (Phi) is 6.72. The number of para-hydroxylation sites is 2. The number of nitro groups is 1. The highest BCUT2D eigenvalue weighted by atomic mass is 32.2. The van der Waals surface area contributed by atoms with Gasteiger partial charge in [-0.3, -0.25) is 14.9 Å². The lowest BCUT2D eigenvalue weighted by atomic mass is 10.1. The number of aromatic nitrogens is 2. The Hall–Kier alpha value is -3.78. The van der Waals surface area contributed by atoms with E-state index in [9.17, 15) is 14.9 Å². The molecule has 0 fully saturated rings. The van der Waals surface area contributed by atoms with Gasteiger partial charge < -0.3 is 5.32 Å². The number of fused-ring (bicyclic) bond motifs is 1. The summed E-state index contributed by atoms with van der Waals surface area (Å²) >= 11 is 1.32. The van der Waals surface area contributed by atoms with E-state index in [1.807, 2.05) is 60.7 Å². The Morgan fingerprint density at radius 2 is 1.59 bits per heavy atom. The van der Waals surface area contributed by atoms with E-state index in [4.69, 9.17) is 9.97 Å². The van der Waals surface area contributed by atoms with Crippen LogP contribution in [-0.2, 0) is 17.8 Å². The summed E-state index contributed by atoms with van der Waals surface area (Å²) in [4.78, 5) is 32.5. The normalized spacial score (nSPS) is 10.8. The van der Waals surface area contributed by atoms with Crippen molar-refractivity contribution < 1.29 is 9.72 Å². The zero-order valence-corrected chi connectivity index (χ0v) is 17.9. The van der Waals surface area contributed by atoms with Gasteiger partial charge in [-0.15, -0.1) is 0 Å². The fourth-order valence-electron chi connectivity index (χ4n) is 3.21. The van der Waals surface area contributed by atoms with E-state index in [1.165, 1.54) is 23.9 Å². The van der Waals surface area contributed by atoms with Gasteiger partial charge in [0.25, 0.3) is 5.69 Å². The number of carbonyl (C=O) groups excluding carboxylic acids is 1. The van der Waals surface area contributed by atoms with Crippen LogP contribution in [0.4, 0.5) is 5.69 Å². The zero-order chi connectivity index (χ0) is 22.3. The predicted molar refractivity (Wildman–Crippen MR) is 124 cm³/mol. The maximum atomic E-state index is 12.4. The molecule has 0 aliphatic carbocycles. The number of thioether (sulfide) groups is 1. The third-order valence-electron chi connectivity index (χ3n) is 4.77. The zero-order valence-electron chi connectivity index (χ0n) is 17.1. The smallest absolute Gasteiger partial charge is 0.269 e. The first-order chi connectivity index (χ1) is 15.6. The third-order valence-corrected chi connectivity index (χ3v) is 5.78. The topological polar surface area (TPSA) is 98.0 Å². The second-order valence-electron chi connectivity index (χ2n) is 7.12. The molecule has 0 aliphatic rings. The summed E-state index contributed by atoms with van der Waals surface area (Å²) in [6.45, 7) is 0.462. The molecule has 3 aromatic carbocycles. The Morgan fingerprint density at radius 3 is 2.34 bits per heavy atom. The van der Waals surface area contributed by atoms with Crippen LogP contribution in [0.3, 0.4) is 0 Å². The van der Waals surface area contributed by atoms with Crippen LogP contribution in [-0.4, -0.2) is 26.6 Å². The largest absolute Gasteiger partial charge is 0.351 e. The van der Waals surface area contributed by atoms with Crippen LogP contribution >= 0.6 is 11.8 Å².